The van der Waals surface area contributed by atoms with Crippen molar-refractivity contribution in [2.75, 3.05) is 0 Å². The molecule has 5 heteroatoms. The minimum atomic E-state index is -0.0911. The van der Waals surface area contributed by atoms with Crippen LogP contribution in [-0.2, 0) is 6.42 Å². The highest BCUT2D eigenvalue weighted by Crippen LogP contribution is 2.22. The molecule has 2 aromatic heterocycles. The van der Waals surface area contributed by atoms with Crippen LogP contribution >= 0.6 is 11.3 Å². The van der Waals surface area contributed by atoms with Crippen molar-refractivity contribution < 1.29 is 0 Å². The first-order valence-corrected chi connectivity index (χ1v) is 9.34. The lowest BCUT2D eigenvalue weighted by molar-refractivity contribution is 1.08. The Morgan fingerprint density at radius 1 is 1.23 bits per heavy atom. The zero-order valence-electron chi connectivity index (χ0n) is 14.7. The number of aromatic nitrogens is 3. The molecule has 0 aromatic carbocycles. The Hall–Kier alpha value is -2.92. The van der Waals surface area contributed by atoms with Crippen molar-refractivity contribution in [3.05, 3.63) is 83.6 Å². The maximum Gasteiger partial charge on any atom is 0.257 e. The van der Waals surface area contributed by atoms with E-state index in [2.05, 4.69) is 41.4 Å². The van der Waals surface area contributed by atoms with Gasteiger partial charge in [-0.25, -0.2) is 0 Å². The lowest BCUT2D eigenvalue weighted by atomic mass is 10.1. The summed E-state index contributed by atoms with van der Waals surface area (Å²) in [6, 6.07) is 8.04. The fourth-order valence-corrected chi connectivity index (χ4v) is 4.31. The minimum absolute atomic E-state index is 0.0911. The molecule has 130 valence electrons. The van der Waals surface area contributed by atoms with E-state index in [4.69, 9.17) is 0 Å². The van der Waals surface area contributed by atoms with Crippen LogP contribution in [-0.4, -0.2) is 15.0 Å². The van der Waals surface area contributed by atoms with E-state index in [1.807, 2.05) is 24.3 Å². The SMILES string of the molecule is C=c1[nH]c2[nH]c(=O)c(=Cc3cc(C)c(CC)s3)c=2cc1-c1ccncc1. The largest absolute Gasteiger partial charge is 0.341 e. The summed E-state index contributed by atoms with van der Waals surface area (Å²) in [5.74, 6) is 0. The average Bonchev–Trinajstić information content (AvgIpc) is 3.14. The Kier molecular flexibility index (Phi) is 4.09. The van der Waals surface area contributed by atoms with Gasteiger partial charge in [-0.1, -0.05) is 13.5 Å². The second-order valence-corrected chi connectivity index (χ2v) is 7.48. The lowest BCUT2D eigenvalue weighted by Gasteiger charge is -2.01. The summed E-state index contributed by atoms with van der Waals surface area (Å²) < 4.78 is 0. The number of hydrogen-bond donors (Lipinski definition) is 2. The Morgan fingerprint density at radius 2 is 2.00 bits per heavy atom. The molecule has 0 aliphatic carbocycles. The van der Waals surface area contributed by atoms with Crippen molar-refractivity contribution in [2.24, 2.45) is 0 Å². The number of nitrogens with one attached hydrogen (secondary N) is 2. The van der Waals surface area contributed by atoms with Crippen LogP contribution in [0.15, 0.2) is 41.5 Å². The monoisotopic (exact) mass is 361 g/mol. The molecule has 2 aliphatic rings. The quantitative estimate of drug-likeness (QED) is 0.589. The summed E-state index contributed by atoms with van der Waals surface area (Å²) in [4.78, 5) is 25.2. The fourth-order valence-electron chi connectivity index (χ4n) is 3.25. The Morgan fingerprint density at radius 3 is 2.69 bits per heavy atom. The lowest BCUT2D eigenvalue weighted by Crippen LogP contribution is -2.22. The van der Waals surface area contributed by atoms with Gasteiger partial charge in [0, 0.05) is 38.3 Å². The summed E-state index contributed by atoms with van der Waals surface area (Å²) in [5.41, 5.74) is 3.87. The number of aromatic amines is 2. The third-order valence-corrected chi connectivity index (χ3v) is 5.90. The van der Waals surface area contributed by atoms with Crippen LogP contribution in [0.4, 0.5) is 0 Å². The number of nitrogens with zero attached hydrogens (tertiary/aromatic N) is 1. The van der Waals surface area contributed by atoms with E-state index in [1.165, 1.54) is 10.4 Å². The summed E-state index contributed by atoms with van der Waals surface area (Å²) in [6.07, 6.45) is 6.49. The maximum absolute atomic E-state index is 12.5. The molecule has 0 unspecified atom stereocenters. The molecule has 0 atom stereocenters. The standard InChI is InChI=1S/C21H19N3OS/c1-4-19-12(2)9-15(26-19)10-18-17-11-16(14-5-7-22-8-6-14)13(3)23-20(17)24-21(18)25/h5-11,23H,3-4H2,1-2H3,(H,24,25). The molecule has 2 aromatic rings. The molecule has 2 N–H and O–H groups in total. The maximum atomic E-state index is 12.5. The second-order valence-electron chi connectivity index (χ2n) is 6.31. The van der Waals surface area contributed by atoms with E-state index >= 15 is 0 Å². The molecule has 26 heavy (non-hydrogen) atoms. The normalized spacial score (nSPS) is 12.2. The molecule has 2 aliphatic heterocycles. The number of rotatable bonds is 3. The summed E-state index contributed by atoms with van der Waals surface area (Å²) in [5, 5.41) is 2.31. The molecular weight excluding hydrogens is 342 g/mol. The Labute approximate surface area is 154 Å². The molecule has 0 fully saturated rings. The van der Waals surface area contributed by atoms with Gasteiger partial charge in [0.2, 0.25) is 0 Å². The van der Waals surface area contributed by atoms with E-state index in [0.29, 0.717) is 10.7 Å². The number of hydrogen-bond acceptors (Lipinski definition) is 3. The van der Waals surface area contributed by atoms with Crippen LogP contribution in [0.5, 0.6) is 0 Å². The highest BCUT2D eigenvalue weighted by molar-refractivity contribution is 7.13. The van der Waals surface area contributed by atoms with Crippen LogP contribution in [0, 0.1) is 17.6 Å². The molecule has 0 saturated heterocycles. The predicted molar refractivity (Wildman–Crippen MR) is 107 cm³/mol. The number of aryl methyl sites for hydroxylation is 2. The molecule has 0 amide bonds. The van der Waals surface area contributed by atoms with Crippen molar-refractivity contribution in [3.63, 3.8) is 0 Å². The first kappa shape index (κ1) is 16.5. The molecule has 0 radical (unpaired) electrons. The molecule has 0 spiro atoms. The van der Waals surface area contributed by atoms with Crippen molar-refractivity contribution in [3.8, 4) is 11.1 Å². The van der Waals surface area contributed by atoms with Crippen LogP contribution in [0.25, 0.3) is 23.8 Å². The van der Waals surface area contributed by atoms with Crippen LogP contribution in [0.1, 0.15) is 22.2 Å². The summed E-state index contributed by atoms with van der Waals surface area (Å²) in [7, 11) is 0. The van der Waals surface area contributed by atoms with Crippen molar-refractivity contribution >= 4 is 24.0 Å². The second kappa shape index (κ2) is 6.42. The molecule has 4 nitrogen and oxygen atoms in total. The highest BCUT2D eigenvalue weighted by atomic mass is 32.1. The smallest absolute Gasteiger partial charge is 0.257 e. The van der Waals surface area contributed by atoms with Gasteiger partial charge >= 0.3 is 0 Å². The van der Waals surface area contributed by atoms with Gasteiger partial charge in [-0.05, 0) is 54.8 Å². The zero-order chi connectivity index (χ0) is 18.3. The van der Waals surface area contributed by atoms with Gasteiger partial charge in [0.1, 0.15) is 5.48 Å². The number of H-pyrrole nitrogens is 2. The molecule has 4 rings (SSSR count). The van der Waals surface area contributed by atoms with Gasteiger partial charge < -0.3 is 9.97 Å². The third kappa shape index (κ3) is 2.80. The minimum Gasteiger partial charge on any atom is -0.341 e. The topological polar surface area (TPSA) is 61.5 Å². The van der Waals surface area contributed by atoms with Crippen LogP contribution < -0.4 is 16.1 Å². The number of thiophene rings is 1. The Bertz CT molecular complexity index is 1310. The van der Waals surface area contributed by atoms with E-state index in [1.54, 1.807) is 23.7 Å². The first-order valence-electron chi connectivity index (χ1n) is 8.52. The molecule has 0 bridgehead atoms. The van der Waals surface area contributed by atoms with E-state index in [9.17, 15) is 4.79 Å². The summed E-state index contributed by atoms with van der Waals surface area (Å²) in [6.45, 7) is 8.36. The van der Waals surface area contributed by atoms with Gasteiger partial charge in [0.15, 0.2) is 0 Å². The van der Waals surface area contributed by atoms with Gasteiger partial charge in [-0.15, -0.1) is 11.3 Å². The first-order chi connectivity index (χ1) is 12.6. The predicted octanol–water partition coefficient (Wildman–Crippen LogP) is 2.66. The van der Waals surface area contributed by atoms with Gasteiger partial charge in [0.05, 0.1) is 5.22 Å². The highest BCUT2D eigenvalue weighted by Gasteiger charge is 2.07. The summed E-state index contributed by atoms with van der Waals surface area (Å²) >= 11 is 1.74. The van der Waals surface area contributed by atoms with E-state index in [0.717, 1.165) is 33.0 Å². The van der Waals surface area contributed by atoms with Gasteiger partial charge in [-0.3, -0.25) is 9.78 Å². The average molecular weight is 361 g/mol. The molecule has 4 heterocycles. The van der Waals surface area contributed by atoms with Crippen molar-refractivity contribution in [1.82, 2.24) is 15.0 Å². The van der Waals surface area contributed by atoms with E-state index in [-0.39, 0.29) is 5.56 Å². The van der Waals surface area contributed by atoms with Crippen LogP contribution in [0.3, 0.4) is 0 Å². The van der Waals surface area contributed by atoms with Gasteiger partial charge in [0.25, 0.3) is 5.56 Å². The van der Waals surface area contributed by atoms with E-state index < -0.39 is 0 Å². The molecule has 0 saturated carbocycles. The van der Waals surface area contributed by atoms with Gasteiger partial charge in [-0.2, -0.15) is 0 Å². The Balaban J connectivity index is 2.00. The van der Waals surface area contributed by atoms with Crippen molar-refractivity contribution in [1.29, 1.82) is 0 Å². The molecular formula is C21H19N3OS. The van der Waals surface area contributed by atoms with Crippen molar-refractivity contribution in [2.45, 2.75) is 20.3 Å². The fraction of sp³-hybridized carbons (Fsp3) is 0.143. The number of pyridine rings is 1. The third-order valence-electron chi connectivity index (χ3n) is 4.57. The van der Waals surface area contributed by atoms with Crippen LogP contribution in [0.2, 0.25) is 0 Å². The zero-order valence-corrected chi connectivity index (χ0v) is 15.5.